The minimum Gasteiger partial charge on any atom is -0.334 e. The normalized spacial score (nSPS) is 24.6. The first-order valence-corrected chi connectivity index (χ1v) is 6.56. The quantitative estimate of drug-likeness (QED) is 0.712. The van der Waals surface area contributed by atoms with Crippen LogP contribution in [0.4, 0.5) is 0 Å². The summed E-state index contributed by atoms with van der Waals surface area (Å²) >= 11 is 0. The van der Waals surface area contributed by atoms with E-state index in [1.165, 1.54) is 0 Å². The van der Waals surface area contributed by atoms with E-state index in [2.05, 4.69) is 25.0 Å². The largest absolute Gasteiger partial charge is 0.334 e. The number of rotatable bonds is 6. The van der Waals surface area contributed by atoms with Gasteiger partial charge in [-0.25, -0.2) is 0 Å². The van der Waals surface area contributed by atoms with Crippen LogP contribution in [-0.4, -0.2) is 54.5 Å². The maximum atomic E-state index is 12.1. The highest BCUT2D eigenvalue weighted by molar-refractivity contribution is 5.78. The Morgan fingerprint density at radius 2 is 2.06 bits per heavy atom. The Bertz CT molecular complexity index is 293. The van der Waals surface area contributed by atoms with Gasteiger partial charge in [-0.1, -0.05) is 19.1 Å². The highest BCUT2D eigenvalue weighted by Gasteiger charge is 2.25. The van der Waals surface area contributed by atoms with Crippen LogP contribution in [0.5, 0.6) is 0 Å². The van der Waals surface area contributed by atoms with Gasteiger partial charge in [-0.2, -0.15) is 0 Å². The Morgan fingerprint density at radius 3 is 2.56 bits per heavy atom. The van der Waals surface area contributed by atoms with Crippen molar-refractivity contribution in [3.63, 3.8) is 0 Å². The number of nitrogens with two attached hydrogens (primary N) is 1. The van der Waals surface area contributed by atoms with Gasteiger partial charge in [0.1, 0.15) is 0 Å². The summed E-state index contributed by atoms with van der Waals surface area (Å²) in [6, 6.07) is 0.272. The van der Waals surface area contributed by atoms with Crippen molar-refractivity contribution in [3.05, 3.63) is 25.3 Å². The lowest BCUT2D eigenvalue weighted by atomic mass is 9.95. The highest BCUT2D eigenvalue weighted by atomic mass is 16.2. The number of carbonyl (C=O) groups is 1. The third-order valence-corrected chi connectivity index (χ3v) is 3.47. The fraction of sp³-hybridized carbons (Fsp3) is 0.643. The summed E-state index contributed by atoms with van der Waals surface area (Å²) in [5, 5.41) is 0. The van der Waals surface area contributed by atoms with Crippen LogP contribution in [0.2, 0.25) is 0 Å². The summed E-state index contributed by atoms with van der Waals surface area (Å²) in [7, 11) is 0. The maximum Gasteiger partial charge on any atom is 0.237 e. The standard InChI is InChI=1S/C14H25N3O/c1-4-7-17(8-5-2)14(18)11-16-9-6-13(15)12(3)10-16/h4-5,12-13H,1-2,6-11,15H2,3H3. The Labute approximate surface area is 110 Å². The van der Waals surface area contributed by atoms with Gasteiger partial charge >= 0.3 is 0 Å². The van der Waals surface area contributed by atoms with Crippen molar-refractivity contribution < 1.29 is 4.79 Å². The molecule has 1 rings (SSSR count). The molecular formula is C14H25N3O. The molecule has 18 heavy (non-hydrogen) atoms. The molecule has 4 nitrogen and oxygen atoms in total. The topological polar surface area (TPSA) is 49.6 Å². The van der Waals surface area contributed by atoms with Gasteiger partial charge < -0.3 is 10.6 Å². The summed E-state index contributed by atoms with van der Waals surface area (Å²) in [5.74, 6) is 0.594. The molecule has 0 spiro atoms. The molecule has 1 amide bonds. The molecule has 2 atom stereocenters. The van der Waals surface area contributed by atoms with Crippen molar-refractivity contribution in [1.82, 2.24) is 9.80 Å². The zero-order valence-corrected chi connectivity index (χ0v) is 11.3. The second-order valence-corrected chi connectivity index (χ2v) is 5.04. The molecule has 0 aromatic rings. The van der Waals surface area contributed by atoms with E-state index < -0.39 is 0 Å². The van der Waals surface area contributed by atoms with Crippen molar-refractivity contribution in [2.24, 2.45) is 11.7 Å². The van der Waals surface area contributed by atoms with Crippen LogP contribution >= 0.6 is 0 Å². The monoisotopic (exact) mass is 251 g/mol. The first-order valence-electron chi connectivity index (χ1n) is 6.56. The number of hydrogen-bond acceptors (Lipinski definition) is 3. The average molecular weight is 251 g/mol. The second-order valence-electron chi connectivity index (χ2n) is 5.04. The van der Waals surface area contributed by atoms with Crippen LogP contribution in [0.3, 0.4) is 0 Å². The smallest absolute Gasteiger partial charge is 0.237 e. The molecule has 102 valence electrons. The SMILES string of the molecule is C=CCN(CC=C)C(=O)CN1CCC(N)C(C)C1. The Morgan fingerprint density at radius 1 is 1.44 bits per heavy atom. The minimum atomic E-state index is 0.137. The van der Waals surface area contributed by atoms with Crippen molar-refractivity contribution in [3.8, 4) is 0 Å². The molecule has 2 N–H and O–H groups in total. The number of nitrogens with zero attached hydrogens (tertiary/aromatic N) is 2. The lowest BCUT2D eigenvalue weighted by molar-refractivity contribution is -0.131. The molecule has 0 aliphatic carbocycles. The van der Waals surface area contributed by atoms with Crippen LogP contribution in [0.15, 0.2) is 25.3 Å². The average Bonchev–Trinajstić information content (AvgIpc) is 2.33. The molecule has 4 heteroatoms. The van der Waals surface area contributed by atoms with E-state index in [1.807, 2.05) is 0 Å². The van der Waals surface area contributed by atoms with Crippen LogP contribution in [-0.2, 0) is 4.79 Å². The molecule has 0 radical (unpaired) electrons. The first kappa shape index (κ1) is 14.9. The summed E-state index contributed by atoms with van der Waals surface area (Å²) in [6.45, 7) is 12.9. The van der Waals surface area contributed by atoms with Crippen molar-refractivity contribution in [2.75, 3.05) is 32.7 Å². The number of carbonyl (C=O) groups excluding carboxylic acids is 1. The van der Waals surface area contributed by atoms with E-state index in [-0.39, 0.29) is 11.9 Å². The van der Waals surface area contributed by atoms with Crippen LogP contribution in [0.25, 0.3) is 0 Å². The van der Waals surface area contributed by atoms with Gasteiger partial charge in [0.15, 0.2) is 0 Å². The van der Waals surface area contributed by atoms with Crippen molar-refractivity contribution >= 4 is 5.91 Å². The molecule has 2 unspecified atom stereocenters. The summed E-state index contributed by atoms with van der Waals surface area (Å²) < 4.78 is 0. The van der Waals surface area contributed by atoms with E-state index >= 15 is 0 Å². The van der Waals surface area contributed by atoms with Gasteiger partial charge in [-0.3, -0.25) is 9.69 Å². The number of hydrogen-bond donors (Lipinski definition) is 1. The lowest BCUT2D eigenvalue weighted by Crippen LogP contribution is -2.49. The van der Waals surface area contributed by atoms with Crippen LogP contribution < -0.4 is 5.73 Å². The van der Waals surface area contributed by atoms with Crippen molar-refractivity contribution in [2.45, 2.75) is 19.4 Å². The highest BCUT2D eigenvalue weighted by Crippen LogP contribution is 2.14. The van der Waals surface area contributed by atoms with Crippen LogP contribution in [0.1, 0.15) is 13.3 Å². The Balaban J connectivity index is 2.47. The van der Waals surface area contributed by atoms with Crippen molar-refractivity contribution in [1.29, 1.82) is 0 Å². The molecule has 1 saturated heterocycles. The number of amides is 1. The predicted molar refractivity (Wildman–Crippen MR) is 75.2 cm³/mol. The second kappa shape index (κ2) is 7.34. The predicted octanol–water partition coefficient (Wildman–Crippen LogP) is 0.856. The van der Waals surface area contributed by atoms with Gasteiger partial charge in [-0.05, 0) is 12.3 Å². The third-order valence-electron chi connectivity index (χ3n) is 3.47. The third kappa shape index (κ3) is 4.27. The summed E-state index contributed by atoms with van der Waals surface area (Å²) in [6.07, 6.45) is 4.46. The zero-order chi connectivity index (χ0) is 13.5. The molecule has 0 aromatic heterocycles. The fourth-order valence-corrected chi connectivity index (χ4v) is 2.27. The minimum absolute atomic E-state index is 0.137. The molecule has 1 fully saturated rings. The Kier molecular flexibility index (Phi) is 6.09. The summed E-state index contributed by atoms with van der Waals surface area (Å²) in [4.78, 5) is 16.1. The van der Waals surface area contributed by atoms with Gasteiger partial charge in [0.05, 0.1) is 6.54 Å². The molecule has 1 heterocycles. The van der Waals surface area contributed by atoms with Gasteiger partial charge in [0, 0.05) is 32.2 Å². The van der Waals surface area contributed by atoms with E-state index in [9.17, 15) is 4.79 Å². The molecular weight excluding hydrogens is 226 g/mol. The fourth-order valence-electron chi connectivity index (χ4n) is 2.27. The molecule has 0 saturated carbocycles. The molecule has 0 aromatic carbocycles. The van der Waals surface area contributed by atoms with Gasteiger partial charge in [0.2, 0.25) is 5.91 Å². The number of likely N-dealkylation sites (tertiary alicyclic amines) is 1. The first-order chi connectivity index (χ1) is 8.58. The molecule has 1 aliphatic rings. The maximum absolute atomic E-state index is 12.1. The van der Waals surface area contributed by atoms with E-state index in [0.29, 0.717) is 25.6 Å². The van der Waals surface area contributed by atoms with E-state index in [0.717, 1.165) is 19.5 Å². The van der Waals surface area contributed by atoms with E-state index in [4.69, 9.17) is 5.73 Å². The van der Waals surface area contributed by atoms with Gasteiger partial charge in [0.25, 0.3) is 0 Å². The zero-order valence-electron chi connectivity index (χ0n) is 11.3. The Hall–Kier alpha value is -1.13. The van der Waals surface area contributed by atoms with Gasteiger partial charge in [-0.15, -0.1) is 13.2 Å². The summed E-state index contributed by atoms with van der Waals surface area (Å²) in [5.41, 5.74) is 5.98. The van der Waals surface area contributed by atoms with Crippen LogP contribution in [0, 0.1) is 5.92 Å². The van der Waals surface area contributed by atoms with E-state index in [1.54, 1.807) is 17.1 Å². The molecule has 0 bridgehead atoms. The molecule has 1 aliphatic heterocycles. The lowest BCUT2D eigenvalue weighted by Gasteiger charge is -2.35. The number of piperidine rings is 1.